The fraction of sp³-hybridized carbons (Fsp3) is 1.00. The van der Waals surface area contributed by atoms with Gasteiger partial charge in [0.15, 0.2) is 0 Å². The van der Waals surface area contributed by atoms with Crippen molar-refractivity contribution in [2.45, 2.75) is 51.0 Å². The molecule has 0 unspecified atom stereocenters. The van der Waals surface area contributed by atoms with Gasteiger partial charge in [-0.3, -0.25) is 0 Å². The van der Waals surface area contributed by atoms with Crippen molar-refractivity contribution in [2.75, 3.05) is 14.1 Å². The molecular formula is C10H24N2O4S2. The van der Waals surface area contributed by atoms with E-state index >= 15 is 0 Å². The van der Waals surface area contributed by atoms with Gasteiger partial charge in [0.1, 0.15) is 0 Å². The minimum Gasteiger partial charge on any atom is -0.220 e. The molecule has 0 fully saturated rings. The Morgan fingerprint density at radius 3 is 1.00 bits per heavy atom. The van der Waals surface area contributed by atoms with E-state index in [0.29, 0.717) is 3.82 Å². The van der Waals surface area contributed by atoms with Crippen LogP contribution in [0.2, 0.25) is 0 Å². The van der Waals surface area contributed by atoms with E-state index in [9.17, 15) is 16.8 Å². The van der Waals surface area contributed by atoms with Crippen LogP contribution in [-0.2, 0) is 20.0 Å². The second kappa shape index (κ2) is 4.73. The Kier molecular flexibility index (Phi) is 4.69. The van der Waals surface area contributed by atoms with Gasteiger partial charge in [-0.15, -0.1) is 0 Å². The van der Waals surface area contributed by atoms with Crippen LogP contribution >= 0.6 is 0 Å². The van der Waals surface area contributed by atoms with Gasteiger partial charge in [0.05, 0.1) is 9.49 Å². The van der Waals surface area contributed by atoms with Crippen molar-refractivity contribution in [1.29, 1.82) is 0 Å². The molecule has 0 rings (SSSR count). The van der Waals surface area contributed by atoms with E-state index in [1.165, 1.54) is 55.6 Å². The predicted molar refractivity (Wildman–Crippen MR) is 72.9 cm³/mol. The molecule has 0 atom stereocenters. The van der Waals surface area contributed by atoms with Gasteiger partial charge in [0.2, 0.25) is 20.0 Å². The van der Waals surface area contributed by atoms with Crippen LogP contribution in [-0.4, -0.2) is 49.3 Å². The maximum absolute atomic E-state index is 12.4. The molecular weight excluding hydrogens is 276 g/mol. The zero-order valence-corrected chi connectivity index (χ0v) is 14.0. The monoisotopic (exact) mass is 300 g/mol. The molecule has 8 heteroatoms. The van der Waals surface area contributed by atoms with E-state index in [2.05, 4.69) is 0 Å². The van der Waals surface area contributed by atoms with Crippen LogP contribution in [0.3, 0.4) is 0 Å². The second-order valence-electron chi connectivity index (χ2n) is 6.26. The van der Waals surface area contributed by atoms with Crippen LogP contribution in [0.4, 0.5) is 0 Å². The van der Waals surface area contributed by atoms with Crippen molar-refractivity contribution >= 4 is 20.0 Å². The molecule has 0 aliphatic heterocycles. The maximum atomic E-state index is 12.4. The molecule has 0 radical (unpaired) electrons. The molecule has 0 aliphatic carbocycles. The standard InChI is InChI=1S/C10H24N2O4S2/c1-9(2,3)17(13,14)12(11(7)8)18(15,16)10(4,5)6/h1-8H3. The SMILES string of the molecule is CN(C)N(S(=O)(=O)C(C)(C)C)S(=O)(=O)C(C)(C)C. The molecule has 0 saturated heterocycles. The molecule has 0 spiro atoms. The van der Waals surface area contributed by atoms with E-state index in [1.807, 2.05) is 0 Å². The van der Waals surface area contributed by atoms with Crippen molar-refractivity contribution in [3.63, 3.8) is 0 Å². The van der Waals surface area contributed by atoms with E-state index in [0.717, 1.165) is 5.01 Å². The molecule has 6 nitrogen and oxygen atoms in total. The summed E-state index contributed by atoms with van der Waals surface area (Å²) in [5.41, 5.74) is 0. The van der Waals surface area contributed by atoms with Gasteiger partial charge >= 0.3 is 0 Å². The van der Waals surface area contributed by atoms with Crippen molar-refractivity contribution < 1.29 is 16.8 Å². The summed E-state index contributed by atoms with van der Waals surface area (Å²) in [6.45, 7) is 8.82. The molecule has 0 bridgehead atoms. The fourth-order valence-corrected chi connectivity index (χ4v) is 5.20. The second-order valence-corrected chi connectivity index (χ2v) is 11.5. The topological polar surface area (TPSA) is 74.8 Å². The minimum absolute atomic E-state index is 0.486. The lowest BCUT2D eigenvalue weighted by Gasteiger charge is -2.36. The molecule has 0 N–H and O–H groups in total. The molecule has 0 heterocycles. The van der Waals surface area contributed by atoms with E-state index in [-0.39, 0.29) is 0 Å². The number of sulfonamides is 2. The van der Waals surface area contributed by atoms with Crippen LogP contribution in [0.1, 0.15) is 41.5 Å². The highest BCUT2D eigenvalue weighted by Gasteiger charge is 2.48. The maximum Gasteiger partial charge on any atom is 0.245 e. The third kappa shape index (κ3) is 3.04. The third-order valence-electron chi connectivity index (χ3n) is 2.29. The lowest BCUT2D eigenvalue weighted by Crippen LogP contribution is -2.56. The number of hydrogen-bond donors (Lipinski definition) is 0. The molecule has 18 heavy (non-hydrogen) atoms. The Hall–Kier alpha value is -0.180. The molecule has 0 amide bonds. The van der Waals surface area contributed by atoms with Crippen molar-refractivity contribution in [3.05, 3.63) is 0 Å². The molecule has 0 aromatic rings. The molecule has 0 aromatic heterocycles. The van der Waals surface area contributed by atoms with Gasteiger partial charge < -0.3 is 0 Å². The normalized spacial score (nSPS) is 15.4. The van der Waals surface area contributed by atoms with Crippen LogP contribution < -0.4 is 0 Å². The number of nitrogens with zero attached hydrogens (tertiary/aromatic N) is 2. The first-order chi connectivity index (χ1) is 7.57. The van der Waals surface area contributed by atoms with Crippen molar-refractivity contribution in [1.82, 2.24) is 8.83 Å². The Bertz CT molecular complexity index is 449. The van der Waals surface area contributed by atoms with Gasteiger partial charge in [-0.05, 0) is 45.4 Å². The van der Waals surface area contributed by atoms with Crippen LogP contribution in [0.5, 0.6) is 0 Å². The summed E-state index contributed by atoms with van der Waals surface area (Å²) in [6.07, 6.45) is 0. The van der Waals surface area contributed by atoms with Crippen molar-refractivity contribution in [2.24, 2.45) is 0 Å². The number of rotatable bonds is 3. The molecule has 0 aromatic carbocycles. The Labute approximate surface area is 111 Å². The first-order valence-electron chi connectivity index (χ1n) is 5.53. The van der Waals surface area contributed by atoms with E-state index in [1.54, 1.807) is 0 Å². The summed E-state index contributed by atoms with van der Waals surface area (Å²) in [5.74, 6) is 0. The highest BCUT2D eigenvalue weighted by molar-refractivity contribution is 8.05. The first kappa shape index (κ1) is 17.8. The predicted octanol–water partition coefficient (Wildman–Crippen LogP) is 1.02. The summed E-state index contributed by atoms with van der Waals surface area (Å²) in [4.78, 5) is 0. The summed E-state index contributed by atoms with van der Waals surface area (Å²) in [5, 5.41) is 1.08. The summed E-state index contributed by atoms with van der Waals surface area (Å²) in [7, 11) is -5.22. The zero-order chi connectivity index (χ0) is 15.2. The first-order valence-corrected chi connectivity index (χ1v) is 8.41. The lowest BCUT2D eigenvalue weighted by molar-refractivity contribution is 0.213. The smallest absolute Gasteiger partial charge is 0.220 e. The largest absolute Gasteiger partial charge is 0.245 e. The van der Waals surface area contributed by atoms with E-state index < -0.39 is 29.5 Å². The fourth-order valence-electron chi connectivity index (χ4n) is 1.03. The summed E-state index contributed by atoms with van der Waals surface area (Å²) in [6, 6.07) is 0. The third-order valence-corrected chi connectivity index (χ3v) is 8.03. The van der Waals surface area contributed by atoms with Gasteiger partial charge in [-0.1, -0.05) is 0 Å². The Morgan fingerprint density at radius 1 is 0.667 bits per heavy atom. The highest BCUT2D eigenvalue weighted by Crippen LogP contribution is 2.29. The van der Waals surface area contributed by atoms with Crippen LogP contribution in [0.25, 0.3) is 0 Å². The Morgan fingerprint density at radius 2 is 0.889 bits per heavy atom. The lowest BCUT2D eigenvalue weighted by atomic mass is 10.3. The minimum atomic E-state index is -4.01. The van der Waals surface area contributed by atoms with Crippen molar-refractivity contribution in [3.8, 4) is 0 Å². The van der Waals surface area contributed by atoms with Gasteiger partial charge in [0, 0.05) is 14.1 Å². The molecule has 0 aliphatic rings. The van der Waals surface area contributed by atoms with E-state index in [4.69, 9.17) is 0 Å². The quantitative estimate of drug-likeness (QED) is 0.728. The average Bonchev–Trinajstić information content (AvgIpc) is 1.96. The van der Waals surface area contributed by atoms with Crippen LogP contribution in [0, 0.1) is 0 Å². The Balaban J connectivity index is 6.14. The zero-order valence-electron chi connectivity index (χ0n) is 12.3. The average molecular weight is 300 g/mol. The van der Waals surface area contributed by atoms with Gasteiger partial charge in [0.25, 0.3) is 0 Å². The van der Waals surface area contributed by atoms with Crippen LogP contribution in [0.15, 0.2) is 0 Å². The highest BCUT2D eigenvalue weighted by atomic mass is 32.3. The molecule has 110 valence electrons. The summed E-state index contributed by atoms with van der Waals surface area (Å²) >= 11 is 0. The van der Waals surface area contributed by atoms with Gasteiger partial charge in [-0.25, -0.2) is 21.8 Å². The molecule has 0 saturated carbocycles. The summed E-state index contributed by atoms with van der Waals surface area (Å²) < 4.78 is 47.7. The van der Waals surface area contributed by atoms with Gasteiger partial charge in [-0.2, -0.15) is 0 Å². The number of hydrazine groups is 1. The number of hydrogen-bond acceptors (Lipinski definition) is 5.